The minimum Gasteiger partial charge on any atom is -0.395 e. The summed E-state index contributed by atoms with van der Waals surface area (Å²) in [6, 6.07) is 4.21. The summed E-state index contributed by atoms with van der Waals surface area (Å²) in [6.07, 6.45) is 7.30. The van der Waals surface area contributed by atoms with Crippen molar-refractivity contribution in [1.29, 1.82) is 0 Å². The fraction of sp³-hybridized carbons (Fsp3) is 0.667. The van der Waals surface area contributed by atoms with Gasteiger partial charge in [0.1, 0.15) is 5.82 Å². The molecule has 106 valence electrons. The van der Waals surface area contributed by atoms with Gasteiger partial charge in [0.25, 0.3) is 0 Å². The van der Waals surface area contributed by atoms with Gasteiger partial charge in [-0.05, 0) is 25.8 Å². The second-order valence-electron chi connectivity index (χ2n) is 5.30. The van der Waals surface area contributed by atoms with E-state index < -0.39 is 6.10 Å². The van der Waals surface area contributed by atoms with Crippen LogP contribution in [0.5, 0.6) is 0 Å². The molecule has 1 atom stereocenters. The van der Waals surface area contributed by atoms with E-state index in [9.17, 15) is 10.2 Å². The van der Waals surface area contributed by atoms with Gasteiger partial charge in [-0.3, -0.25) is 0 Å². The molecule has 4 nitrogen and oxygen atoms in total. The van der Waals surface area contributed by atoms with Crippen molar-refractivity contribution < 1.29 is 10.2 Å². The van der Waals surface area contributed by atoms with E-state index in [1.807, 2.05) is 12.1 Å². The molecular weight excluding hydrogens is 240 g/mol. The maximum absolute atomic E-state index is 9.89. The maximum Gasteiger partial charge on any atom is 0.134 e. The van der Waals surface area contributed by atoms with Crippen LogP contribution in [0.3, 0.4) is 0 Å². The Labute approximate surface area is 115 Å². The summed E-state index contributed by atoms with van der Waals surface area (Å²) in [7, 11) is 0. The highest BCUT2D eigenvalue weighted by molar-refractivity contribution is 5.48. The summed E-state index contributed by atoms with van der Waals surface area (Å²) in [4.78, 5) is 6.63. The highest BCUT2D eigenvalue weighted by atomic mass is 16.3. The van der Waals surface area contributed by atoms with Gasteiger partial charge in [-0.25, -0.2) is 4.98 Å². The Kier molecular flexibility index (Phi) is 5.16. The van der Waals surface area contributed by atoms with Crippen molar-refractivity contribution in [2.24, 2.45) is 0 Å². The normalized spacial score (nSPS) is 18.3. The third-order valence-electron chi connectivity index (χ3n) is 3.90. The molecule has 0 unspecified atom stereocenters. The monoisotopic (exact) mass is 264 g/mol. The number of hydrogen-bond donors (Lipinski definition) is 2. The standard InChI is InChI=1S/C15H24N2O2/c1-12(19)14-8-5-9-16-15(14)17(10-11-18)13-6-3-2-4-7-13/h5,8-9,12-13,18-19H,2-4,6-7,10-11H2,1H3/t12-/m0/s1. The van der Waals surface area contributed by atoms with E-state index in [0.29, 0.717) is 12.6 Å². The molecule has 0 amide bonds. The molecule has 1 heterocycles. The molecule has 0 aliphatic heterocycles. The molecule has 19 heavy (non-hydrogen) atoms. The minimum absolute atomic E-state index is 0.117. The minimum atomic E-state index is -0.534. The molecule has 1 saturated carbocycles. The molecule has 4 heteroatoms. The third-order valence-corrected chi connectivity index (χ3v) is 3.90. The first kappa shape index (κ1) is 14.3. The largest absolute Gasteiger partial charge is 0.395 e. The predicted molar refractivity (Wildman–Crippen MR) is 76.2 cm³/mol. The molecule has 2 N–H and O–H groups in total. The van der Waals surface area contributed by atoms with Crippen LogP contribution in [-0.2, 0) is 0 Å². The number of anilines is 1. The maximum atomic E-state index is 9.89. The molecule has 2 rings (SSSR count). The lowest BCUT2D eigenvalue weighted by atomic mass is 9.93. The fourth-order valence-corrected chi connectivity index (χ4v) is 2.94. The SMILES string of the molecule is C[C@H](O)c1cccnc1N(CCO)C1CCCCC1. The molecule has 1 aliphatic carbocycles. The average Bonchev–Trinajstić information content (AvgIpc) is 2.45. The predicted octanol–water partition coefficient (Wildman–Crippen LogP) is 2.27. The molecular formula is C15H24N2O2. The first-order valence-electron chi connectivity index (χ1n) is 7.24. The van der Waals surface area contributed by atoms with E-state index in [4.69, 9.17) is 0 Å². The van der Waals surface area contributed by atoms with Crippen LogP contribution in [0.4, 0.5) is 5.82 Å². The summed E-state index contributed by atoms with van der Waals surface area (Å²) in [5, 5.41) is 19.2. The van der Waals surface area contributed by atoms with Crippen LogP contribution in [0.1, 0.15) is 50.7 Å². The highest BCUT2D eigenvalue weighted by Crippen LogP contribution is 2.30. The number of aliphatic hydroxyl groups excluding tert-OH is 2. The Morgan fingerprint density at radius 2 is 2.11 bits per heavy atom. The topological polar surface area (TPSA) is 56.6 Å². The van der Waals surface area contributed by atoms with Crippen molar-refractivity contribution in [2.45, 2.75) is 51.2 Å². The van der Waals surface area contributed by atoms with Crippen molar-refractivity contribution in [3.63, 3.8) is 0 Å². The Bertz CT molecular complexity index is 389. The van der Waals surface area contributed by atoms with Gasteiger partial charge < -0.3 is 15.1 Å². The summed E-state index contributed by atoms with van der Waals surface area (Å²) >= 11 is 0. The molecule has 0 radical (unpaired) electrons. The Balaban J connectivity index is 2.27. The zero-order valence-electron chi connectivity index (χ0n) is 11.6. The smallest absolute Gasteiger partial charge is 0.134 e. The average molecular weight is 264 g/mol. The summed E-state index contributed by atoms with van der Waals surface area (Å²) in [6.45, 7) is 2.46. The van der Waals surface area contributed by atoms with Crippen LogP contribution in [0, 0.1) is 0 Å². The van der Waals surface area contributed by atoms with Crippen LogP contribution in [0.2, 0.25) is 0 Å². The van der Waals surface area contributed by atoms with E-state index in [1.165, 1.54) is 19.3 Å². The Morgan fingerprint density at radius 3 is 2.74 bits per heavy atom. The van der Waals surface area contributed by atoms with E-state index in [1.54, 1.807) is 13.1 Å². The van der Waals surface area contributed by atoms with Crippen molar-refractivity contribution in [3.05, 3.63) is 23.9 Å². The zero-order valence-corrected chi connectivity index (χ0v) is 11.6. The molecule has 1 fully saturated rings. The summed E-state index contributed by atoms with van der Waals surface area (Å²) in [5.41, 5.74) is 0.849. The van der Waals surface area contributed by atoms with Gasteiger partial charge >= 0.3 is 0 Å². The van der Waals surface area contributed by atoms with Gasteiger partial charge in [0.2, 0.25) is 0 Å². The van der Waals surface area contributed by atoms with Crippen LogP contribution in [-0.4, -0.2) is 34.4 Å². The van der Waals surface area contributed by atoms with E-state index in [0.717, 1.165) is 24.2 Å². The van der Waals surface area contributed by atoms with E-state index in [-0.39, 0.29) is 6.61 Å². The van der Waals surface area contributed by atoms with Gasteiger partial charge in [0.05, 0.1) is 12.7 Å². The number of aromatic nitrogens is 1. The van der Waals surface area contributed by atoms with Crippen LogP contribution in [0.25, 0.3) is 0 Å². The van der Waals surface area contributed by atoms with Crippen molar-refractivity contribution >= 4 is 5.82 Å². The number of aliphatic hydroxyl groups is 2. The van der Waals surface area contributed by atoms with Gasteiger partial charge in [-0.15, -0.1) is 0 Å². The molecule has 0 saturated heterocycles. The van der Waals surface area contributed by atoms with Gasteiger partial charge in [-0.1, -0.05) is 25.3 Å². The number of nitrogens with zero attached hydrogens (tertiary/aromatic N) is 2. The molecule has 1 aromatic heterocycles. The first-order chi connectivity index (χ1) is 9.24. The van der Waals surface area contributed by atoms with Crippen LogP contribution >= 0.6 is 0 Å². The van der Waals surface area contributed by atoms with E-state index in [2.05, 4.69) is 9.88 Å². The van der Waals surface area contributed by atoms with Gasteiger partial charge in [-0.2, -0.15) is 0 Å². The molecule has 1 aromatic rings. The van der Waals surface area contributed by atoms with Crippen LogP contribution in [0.15, 0.2) is 18.3 Å². The van der Waals surface area contributed by atoms with Crippen molar-refractivity contribution in [2.75, 3.05) is 18.1 Å². The number of rotatable bonds is 5. The van der Waals surface area contributed by atoms with Crippen molar-refractivity contribution in [1.82, 2.24) is 4.98 Å². The Morgan fingerprint density at radius 1 is 1.37 bits per heavy atom. The second-order valence-corrected chi connectivity index (χ2v) is 5.30. The molecule has 0 aromatic carbocycles. The van der Waals surface area contributed by atoms with Gasteiger partial charge in [0, 0.05) is 24.3 Å². The molecule has 0 bridgehead atoms. The lowest BCUT2D eigenvalue weighted by molar-refractivity contribution is 0.198. The third kappa shape index (κ3) is 3.45. The van der Waals surface area contributed by atoms with Gasteiger partial charge in [0.15, 0.2) is 0 Å². The van der Waals surface area contributed by atoms with Crippen LogP contribution < -0.4 is 4.90 Å². The lowest BCUT2D eigenvalue weighted by Crippen LogP contribution is -2.40. The van der Waals surface area contributed by atoms with Crippen molar-refractivity contribution in [3.8, 4) is 0 Å². The highest BCUT2D eigenvalue weighted by Gasteiger charge is 2.24. The molecule has 1 aliphatic rings. The number of pyridine rings is 1. The first-order valence-corrected chi connectivity index (χ1v) is 7.24. The Hall–Kier alpha value is -1.13. The zero-order chi connectivity index (χ0) is 13.7. The fourth-order valence-electron chi connectivity index (χ4n) is 2.94. The summed E-state index contributed by atoms with van der Waals surface area (Å²) < 4.78 is 0. The van der Waals surface area contributed by atoms with E-state index >= 15 is 0 Å². The number of hydrogen-bond acceptors (Lipinski definition) is 4. The summed E-state index contributed by atoms with van der Waals surface area (Å²) in [5.74, 6) is 0.832. The molecule has 0 spiro atoms. The second kappa shape index (κ2) is 6.87. The lowest BCUT2D eigenvalue weighted by Gasteiger charge is -2.36. The quantitative estimate of drug-likeness (QED) is 0.856.